The van der Waals surface area contributed by atoms with Gasteiger partial charge in [0.2, 0.25) is 0 Å². The Hall–Kier alpha value is -1.12. The fourth-order valence-corrected chi connectivity index (χ4v) is 1.88. The summed E-state index contributed by atoms with van der Waals surface area (Å²) in [6, 6.07) is 0. The molecule has 0 N–H and O–H groups in total. The molecule has 0 saturated heterocycles. The molecule has 0 radical (unpaired) electrons. The zero-order chi connectivity index (χ0) is 9.26. The van der Waals surface area contributed by atoms with Gasteiger partial charge in [-0.05, 0) is 19.8 Å². The molecule has 3 nitrogen and oxygen atoms in total. The Labute approximate surface area is 77.8 Å². The molecule has 1 aliphatic heterocycles. The Balaban J connectivity index is 2.26. The minimum absolute atomic E-state index is 0.216. The summed E-state index contributed by atoms with van der Waals surface area (Å²) in [7, 11) is 0. The lowest BCUT2D eigenvalue weighted by atomic mass is 10.1. The molecule has 1 aromatic heterocycles. The Morgan fingerprint density at radius 2 is 2.46 bits per heavy atom. The van der Waals surface area contributed by atoms with Gasteiger partial charge in [-0.25, -0.2) is 4.98 Å². The minimum Gasteiger partial charge on any atom is -0.332 e. The van der Waals surface area contributed by atoms with E-state index in [0.717, 1.165) is 24.5 Å². The van der Waals surface area contributed by atoms with E-state index in [4.69, 9.17) is 0 Å². The van der Waals surface area contributed by atoms with Gasteiger partial charge in [0.05, 0.1) is 0 Å². The van der Waals surface area contributed by atoms with Crippen LogP contribution >= 0.6 is 0 Å². The second-order valence-corrected chi connectivity index (χ2v) is 3.65. The van der Waals surface area contributed by atoms with Gasteiger partial charge in [-0.2, -0.15) is 0 Å². The van der Waals surface area contributed by atoms with E-state index in [1.165, 1.54) is 12.8 Å². The molecule has 1 aromatic rings. The van der Waals surface area contributed by atoms with Crippen LogP contribution in [0.25, 0.3) is 0 Å². The van der Waals surface area contributed by atoms with Crippen LogP contribution in [-0.4, -0.2) is 15.3 Å². The van der Waals surface area contributed by atoms with Crippen LogP contribution in [0.5, 0.6) is 0 Å². The Morgan fingerprint density at radius 1 is 1.62 bits per heavy atom. The average molecular weight is 178 g/mol. The second kappa shape index (κ2) is 3.32. The van der Waals surface area contributed by atoms with Crippen LogP contribution < -0.4 is 0 Å². The van der Waals surface area contributed by atoms with Crippen LogP contribution in [0, 0.1) is 0 Å². The molecule has 2 rings (SSSR count). The number of ketones is 1. The summed E-state index contributed by atoms with van der Waals surface area (Å²) in [6.07, 6.45) is 5.90. The van der Waals surface area contributed by atoms with E-state index in [9.17, 15) is 4.79 Å². The van der Waals surface area contributed by atoms with Crippen molar-refractivity contribution in [3.8, 4) is 0 Å². The summed E-state index contributed by atoms with van der Waals surface area (Å²) in [6.45, 7) is 2.67. The SMILES string of the molecule is CC(=O)Cc1cnc2n1CCCC2. The van der Waals surface area contributed by atoms with E-state index in [2.05, 4.69) is 9.55 Å². The van der Waals surface area contributed by atoms with Crippen molar-refractivity contribution < 1.29 is 4.79 Å². The van der Waals surface area contributed by atoms with E-state index in [-0.39, 0.29) is 5.78 Å². The molecule has 0 bridgehead atoms. The number of fused-ring (bicyclic) bond motifs is 1. The smallest absolute Gasteiger partial charge is 0.135 e. The molecule has 0 spiro atoms. The predicted molar refractivity (Wildman–Crippen MR) is 49.6 cm³/mol. The van der Waals surface area contributed by atoms with Gasteiger partial charge in [-0.1, -0.05) is 0 Å². The van der Waals surface area contributed by atoms with E-state index < -0.39 is 0 Å². The summed E-state index contributed by atoms with van der Waals surface area (Å²) in [4.78, 5) is 15.3. The Bertz CT molecular complexity index is 328. The van der Waals surface area contributed by atoms with Gasteiger partial charge < -0.3 is 4.57 Å². The lowest BCUT2D eigenvalue weighted by Crippen LogP contribution is -2.14. The molecular formula is C10H14N2O. The number of aromatic nitrogens is 2. The number of carbonyl (C=O) groups is 1. The molecule has 1 aliphatic rings. The third-order valence-electron chi connectivity index (χ3n) is 2.48. The fraction of sp³-hybridized carbons (Fsp3) is 0.600. The van der Waals surface area contributed by atoms with Gasteiger partial charge in [0.15, 0.2) is 0 Å². The van der Waals surface area contributed by atoms with Gasteiger partial charge in [-0.3, -0.25) is 4.79 Å². The first-order chi connectivity index (χ1) is 6.27. The molecule has 0 fully saturated rings. The molecule has 0 atom stereocenters. The van der Waals surface area contributed by atoms with Crippen LogP contribution in [0.1, 0.15) is 31.3 Å². The molecule has 2 heterocycles. The number of aryl methyl sites for hydroxylation is 1. The summed E-state index contributed by atoms with van der Waals surface area (Å²) in [5.41, 5.74) is 1.09. The number of carbonyl (C=O) groups excluding carboxylic acids is 1. The summed E-state index contributed by atoms with van der Waals surface area (Å²) < 4.78 is 2.20. The standard InChI is InChI=1S/C10H14N2O/c1-8(13)6-9-7-11-10-4-2-3-5-12(9)10/h7H,2-6H2,1H3. The predicted octanol–water partition coefficient (Wildman–Crippen LogP) is 1.35. The lowest BCUT2D eigenvalue weighted by molar-refractivity contribution is -0.116. The van der Waals surface area contributed by atoms with Gasteiger partial charge in [-0.15, -0.1) is 0 Å². The van der Waals surface area contributed by atoms with Crippen molar-refractivity contribution in [2.24, 2.45) is 0 Å². The topological polar surface area (TPSA) is 34.9 Å². The highest BCUT2D eigenvalue weighted by atomic mass is 16.1. The highest BCUT2D eigenvalue weighted by molar-refractivity contribution is 5.77. The monoisotopic (exact) mass is 178 g/mol. The molecule has 0 amide bonds. The summed E-state index contributed by atoms with van der Waals surface area (Å²) in [5.74, 6) is 1.37. The number of hydrogen-bond donors (Lipinski definition) is 0. The van der Waals surface area contributed by atoms with Crippen molar-refractivity contribution in [3.05, 3.63) is 17.7 Å². The Kier molecular flexibility index (Phi) is 2.17. The molecule has 3 heteroatoms. The van der Waals surface area contributed by atoms with Crippen LogP contribution in [-0.2, 0) is 24.2 Å². The van der Waals surface area contributed by atoms with Crippen molar-refractivity contribution in [1.82, 2.24) is 9.55 Å². The van der Waals surface area contributed by atoms with Gasteiger partial charge >= 0.3 is 0 Å². The summed E-state index contributed by atoms with van der Waals surface area (Å²) in [5, 5.41) is 0. The number of Topliss-reactive ketones (excluding diaryl/α,β-unsaturated/α-hetero) is 1. The molecule has 13 heavy (non-hydrogen) atoms. The number of hydrogen-bond acceptors (Lipinski definition) is 2. The number of imidazole rings is 1. The van der Waals surface area contributed by atoms with Crippen molar-refractivity contribution in [3.63, 3.8) is 0 Å². The normalized spacial score (nSPS) is 15.5. The lowest BCUT2D eigenvalue weighted by Gasteiger charge is -2.15. The van der Waals surface area contributed by atoms with Crippen LogP contribution in [0.2, 0.25) is 0 Å². The quantitative estimate of drug-likeness (QED) is 0.685. The zero-order valence-electron chi connectivity index (χ0n) is 7.92. The highest BCUT2D eigenvalue weighted by Crippen LogP contribution is 2.16. The minimum atomic E-state index is 0.216. The van der Waals surface area contributed by atoms with Gasteiger partial charge in [0, 0.05) is 31.3 Å². The first kappa shape index (κ1) is 8.48. The maximum absolute atomic E-state index is 11.0. The molecule has 70 valence electrons. The van der Waals surface area contributed by atoms with Crippen molar-refractivity contribution >= 4 is 5.78 Å². The largest absolute Gasteiger partial charge is 0.332 e. The van der Waals surface area contributed by atoms with E-state index in [1.807, 2.05) is 6.20 Å². The van der Waals surface area contributed by atoms with E-state index in [1.54, 1.807) is 6.92 Å². The zero-order valence-corrected chi connectivity index (χ0v) is 7.92. The van der Waals surface area contributed by atoms with Gasteiger partial charge in [0.25, 0.3) is 0 Å². The molecule has 0 saturated carbocycles. The third-order valence-corrected chi connectivity index (χ3v) is 2.48. The van der Waals surface area contributed by atoms with E-state index in [0.29, 0.717) is 6.42 Å². The molecule has 0 aromatic carbocycles. The van der Waals surface area contributed by atoms with Crippen LogP contribution in [0.15, 0.2) is 6.20 Å². The van der Waals surface area contributed by atoms with Crippen molar-refractivity contribution in [2.45, 2.75) is 39.2 Å². The maximum atomic E-state index is 11.0. The maximum Gasteiger partial charge on any atom is 0.135 e. The fourth-order valence-electron chi connectivity index (χ4n) is 1.88. The second-order valence-electron chi connectivity index (χ2n) is 3.65. The highest BCUT2D eigenvalue weighted by Gasteiger charge is 2.14. The van der Waals surface area contributed by atoms with Crippen molar-refractivity contribution in [1.29, 1.82) is 0 Å². The Morgan fingerprint density at radius 3 is 3.23 bits per heavy atom. The molecule has 0 aliphatic carbocycles. The van der Waals surface area contributed by atoms with Crippen LogP contribution in [0.3, 0.4) is 0 Å². The van der Waals surface area contributed by atoms with Crippen LogP contribution in [0.4, 0.5) is 0 Å². The van der Waals surface area contributed by atoms with Gasteiger partial charge in [0.1, 0.15) is 11.6 Å². The van der Waals surface area contributed by atoms with Crippen molar-refractivity contribution in [2.75, 3.05) is 0 Å². The number of rotatable bonds is 2. The number of nitrogens with zero attached hydrogens (tertiary/aromatic N) is 2. The third kappa shape index (κ3) is 1.64. The van der Waals surface area contributed by atoms with E-state index >= 15 is 0 Å². The average Bonchev–Trinajstić information content (AvgIpc) is 2.48. The first-order valence-corrected chi connectivity index (χ1v) is 4.80. The molecular weight excluding hydrogens is 164 g/mol. The first-order valence-electron chi connectivity index (χ1n) is 4.80. The molecule has 0 unspecified atom stereocenters. The summed E-state index contributed by atoms with van der Waals surface area (Å²) >= 11 is 0.